The molecule has 0 aliphatic carbocycles. The molecule has 1 saturated heterocycles. The van der Waals surface area contributed by atoms with Gasteiger partial charge in [-0.15, -0.1) is 11.3 Å². The molecule has 1 atom stereocenters. The zero-order valence-electron chi connectivity index (χ0n) is 20.6. The van der Waals surface area contributed by atoms with Gasteiger partial charge in [-0.25, -0.2) is 13.2 Å². The lowest BCUT2D eigenvalue weighted by Gasteiger charge is -2.34. The summed E-state index contributed by atoms with van der Waals surface area (Å²) < 4.78 is 34.7. The van der Waals surface area contributed by atoms with Crippen LogP contribution in [0, 0.1) is 0 Å². The summed E-state index contributed by atoms with van der Waals surface area (Å²) in [6.07, 6.45) is 1.10. The molecular formula is C25H27BrClN5O5S2. The summed E-state index contributed by atoms with van der Waals surface area (Å²) in [6, 6.07) is 14.5. The molecule has 39 heavy (non-hydrogen) atoms. The molecule has 0 unspecified atom stereocenters. The molecule has 1 aliphatic rings. The van der Waals surface area contributed by atoms with Crippen molar-refractivity contribution in [2.45, 2.75) is 29.2 Å². The first-order valence-electron chi connectivity index (χ1n) is 12.3. The monoisotopic (exact) mass is 655 g/mol. The number of aliphatic hydroxyl groups excluding tert-OH is 1. The van der Waals surface area contributed by atoms with E-state index in [2.05, 4.69) is 40.8 Å². The number of H-pyrrole nitrogens is 2. The molecule has 0 bridgehead atoms. The van der Waals surface area contributed by atoms with Gasteiger partial charge in [-0.2, -0.15) is 0 Å². The van der Waals surface area contributed by atoms with E-state index in [-0.39, 0.29) is 22.5 Å². The van der Waals surface area contributed by atoms with Crippen LogP contribution < -0.4 is 25.4 Å². The van der Waals surface area contributed by atoms with E-state index in [0.717, 1.165) is 43.0 Å². The minimum Gasteiger partial charge on any atom is -0.489 e. The molecule has 0 amide bonds. The fraction of sp³-hybridized carbons (Fsp3) is 0.320. The highest BCUT2D eigenvalue weighted by atomic mass is 79.9. The number of halogens is 2. The van der Waals surface area contributed by atoms with Gasteiger partial charge in [-0.1, -0.05) is 17.7 Å². The third-order valence-electron chi connectivity index (χ3n) is 6.44. The molecule has 5 N–H and O–H groups in total. The average molecular weight is 657 g/mol. The molecule has 10 nitrogen and oxygen atoms in total. The van der Waals surface area contributed by atoms with Gasteiger partial charge in [0.25, 0.3) is 10.0 Å². The fourth-order valence-electron chi connectivity index (χ4n) is 4.49. The normalized spacial score (nSPS) is 15.5. The maximum atomic E-state index is 12.7. The molecule has 5 rings (SSSR count). The number of aromatic nitrogens is 2. The zero-order valence-corrected chi connectivity index (χ0v) is 24.6. The van der Waals surface area contributed by atoms with Crippen LogP contribution in [0.2, 0.25) is 4.34 Å². The van der Waals surface area contributed by atoms with E-state index in [0.29, 0.717) is 37.8 Å². The number of fused-ring (bicyclic) bond motifs is 1. The molecule has 1 fully saturated rings. The number of nitrogens with zero attached hydrogens (tertiary/aromatic N) is 1. The third kappa shape index (κ3) is 6.79. The number of para-hydroxylation sites is 1. The zero-order chi connectivity index (χ0) is 27.6. The molecule has 2 aromatic heterocycles. The molecule has 3 heterocycles. The summed E-state index contributed by atoms with van der Waals surface area (Å²) in [5, 5.41) is 13.8. The molecule has 1 aliphatic heterocycles. The highest BCUT2D eigenvalue weighted by molar-refractivity contribution is 9.10. The molecule has 2 aromatic carbocycles. The number of thiophene rings is 1. The van der Waals surface area contributed by atoms with E-state index in [1.807, 2.05) is 12.1 Å². The standard InChI is InChI=1S/C25H27BrClN5O5S2/c26-19-12-22(27)38-24(19)39(35,36)31-16-4-6-17(7-5-16)32-10-8-15(9-11-32)28-13-18(33)14-37-21-3-1-2-20-23(21)30-25(34)29-20/h1-7,12,15,18,28,31,33H,8-11,13-14H2,(H2,29,30,34)/t18-/m0/s1. The van der Waals surface area contributed by atoms with Crippen molar-refractivity contribution in [1.82, 2.24) is 15.3 Å². The van der Waals surface area contributed by atoms with Crippen molar-refractivity contribution in [3.05, 3.63) is 67.8 Å². The van der Waals surface area contributed by atoms with Gasteiger partial charge in [0.15, 0.2) is 4.21 Å². The van der Waals surface area contributed by atoms with Crippen LogP contribution in [-0.2, 0) is 10.0 Å². The van der Waals surface area contributed by atoms with Gasteiger partial charge in [-0.3, -0.25) is 4.72 Å². The van der Waals surface area contributed by atoms with Crippen LogP contribution >= 0.6 is 38.9 Å². The van der Waals surface area contributed by atoms with Gasteiger partial charge < -0.3 is 30.0 Å². The van der Waals surface area contributed by atoms with Gasteiger partial charge in [0.2, 0.25) is 0 Å². The van der Waals surface area contributed by atoms with Gasteiger partial charge in [-0.05, 0) is 71.2 Å². The van der Waals surface area contributed by atoms with Crippen molar-refractivity contribution in [1.29, 1.82) is 0 Å². The van der Waals surface area contributed by atoms with Crippen molar-refractivity contribution in [3.8, 4) is 5.75 Å². The first-order chi connectivity index (χ1) is 18.7. The summed E-state index contributed by atoms with van der Waals surface area (Å²) >= 11 is 10.2. The minimum atomic E-state index is -3.74. The number of ether oxygens (including phenoxy) is 1. The summed E-state index contributed by atoms with van der Waals surface area (Å²) in [4.78, 5) is 19.2. The Balaban J connectivity index is 1.07. The van der Waals surface area contributed by atoms with Gasteiger partial charge in [0, 0.05) is 37.1 Å². The lowest BCUT2D eigenvalue weighted by Crippen LogP contribution is -2.45. The van der Waals surface area contributed by atoms with Gasteiger partial charge in [0.05, 0.1) is 14.3 Å². The summed E-state index contributed by atoms with van der Waals surface area (Å²) in [6.45, 7) is 2.16. The van der Waals surface area contributed by atoms with Crippen molar-refractivity contribution >= 4 is 71.3 Å². The van der Waals surface area contributed by atoms with E-state index >= 15 is 0 Å². The van der Waals surface area contributed by atoms with E-state index < -0.39 is 16.1 Å². The van der Waals surface area contributed by atoms with Crippen molar-refractivity contribution in [2.75, 3.05) is 35.9 Å². The highest BCUT2D eigenvalue weighted by Crippen LogP contribution is 2.35. The first-order valence-corrected chi connectivity index (χ1v) is 15.7. The van der Waals surface area contributed by atoms with E-state index in [4.69, 9.17) is 16.3 Å². The fourth-order valence-corrected chi connectivity index (χ4v) is 8.56. The highest BCUT2D eigenvalue weighted by Gasteiger charge is 2.23. The van der Waals surface area contributed by atoms with Crippen LogP contribution in [0.15, 0.2) is 62.0 Å². The Morgan fingerprint density at radius 3 is 2.62 bits per heavy atom. The summed E-state index contributed by atoms with van der Waals surface area (Å²) in [7, 11) is -3.74. The number of benzene rings is 2. The Morgan fingerprint density at radius 2 is 1.92 bits per heavy atom. The van der Waals surface area contributed by atoms with E-state index in [9.17, 15) is 18.3 Å². The predicted molar refractivity (Wildman–Crippen MR) is 158 cm³/mol. The maximum Gasteiger partial charge on any atom is 0.323 e. The first kappa shape index (κ1) is 28.0. The number of imidazole rings is 1. The summed E-state index contributed by atoms with van der Waals surface area (Å²) in [5.74, 6) is 0.515. The Kier molecular flexibility index (Phi) is 8.55. The second-order valence-electron chi connectivity index (χ2n) is 9.23. The van der Waals surface area contributed by atoms with Gasteiger partial charge in [0.1, 0.15) is 24.0 Å². The molecule has 208 valence electrons. The summed E-state index contributed by atoms with van der Waals surface area (Å²) in [5.41, 5.74) is 2.43. The Hall–Kier alpha value is -2.55. The molecule has 0 spiro atoms. The SMILES string of the molecule is O=c1[nH]c2cccc(OC[C@@H](O)CNC3CCN(c4ccc(NS(=O)(=O)c5sc(Cl)cc5Br)cc4)CC3)c2[nH]1. The predicted octanol–water partition coefficient (Wildman–Crippen LogP) is 4.13. The second kappa shape index (κ2) is 11.9. The Labute approximate surface area is 242 Å². The lowest BCUT2D eigenvalue weighted by atomic mass is 10.0. The number of aliphatic hydroxyl groups is 1. The number of hydrogen-bond acceptors (Lipinski definition) is 8. The van der Waals surface area contributed by atoms with Crippen LogP contribution in [0.1, 0.15) is 12.8 Å². The van der Waals surface area contributed by atoms with Gasteiger partial charge >= 0.3 is 5.69 Å². The topological polar surface area (TPSA) is 140 Å². The quantitative estimate of drug-likeness (QED) is 0.173. The smallest absolute Gasteiger partial charge is 0.323 e. The molecule has 14 heteroatoms. The van der Waals surface area contributed by atoms with Crippen LogP contribution in [0.4, 0.5) is 11.4 Å². The van der Waals surface area contributed by atoms with Crippen molar-refractivity contribution in [2.24, 2.45) is 0 Å². The molecule has 0 saturated carbocycles. The number of hydrogen-bond donors (Lipinski definition) is 5. The van der Waals surface area contributed by atoms with Crippen LogP contribution in [-0.4, -0.2) is 61.9 Å². The molecular weight excluding hydrogens is 630 g/mol. The number of rotatable bonds is 10. The number of nitrogens with one attached hydrogen (secondary N) is 4. The maximum absolute atomic E-state index is 12.7. The lowest BCUT2D eigenvalue weighted by molar-refractivity contribution is 0.103. The van der Waals surface area contributed by atoms with Crippen molar-refractivity contribution in [3.63, 3.8) is 0 Å². The largest absolute Gasteiger partial charge is 0.489 e. The molecule has 4 aromatic rings. The Morgan fingerprint density at radius 1 is 1.18 bits per heavy atom. The van der Waals surface area contributed by atoms with Crippen LogP contribution in [0.3, 0.4) is 0 Å². The average Bonchev–Trinajstić information content (AvgIpc) is 3.47. The van der Waals surface area contributed by atoms with Crippen LogP contribution in [0.25, 0.3) is 11.0 Å². The molecule has 0 radical (unpaired) electrons. The number of aromatic amines is 2. The Bertz CT molecular complexity index is 1600. The minimum absolute atomic E-state index is 0.102. The van der Waals surface area contributed by atoms with E-state index in [1.165, 1.54) is 0 Å². The second-order valence-corrected chi connectivity index (χ2v) is 13.6. The van der Waals surface area contributed by atoms with Crippen molar-refractivity contribution < 1.29 is 18.3 Å². The number of piperidine rings is 1. The number of sulfonamides is 1. The van der Waals surface area contributed by atoms with Crippen LogP contribution in [0.5, 0.6) is 5.75 Å². The third-order valence-corrected chi connectivity index (χ3v) is 10.8. The number of anilines is 2. The van der Waals surface area contributed by atoms with E-state index in [1.54, 1.807) is 36.4 Å².